The zero-order valence-corrected chi connectivity index (χ0v) is 16.6. The molecule has 0 aromatic carbocycles. The van der Waals surface area contributed by atoms with Gasteiger partial charge < -0.3 is 37.6 Å². The Labute approximate surface area is 177 Å². The predicted octanol–water partition coefficient (Wildman–Crippen LogP) is -1.85. The summed E-state index contributed by atoms with van der Waals surface area (Å²) in [6.45, 7) is 0. The van der Waals surface area contributed by atoms with Crippen molar-refractivity contribution in [2.75, 3.05) is 0 Å². The third-order valence-corrected chi connectivity index (χ3v) is 4.97. The zero-order valence-electron chi connectivity index (χ0n) is 16.6. The molecule has 0 saturated carbocycles. The van der Waals surface area contributed by atoms with Gasteiger partial charge in [-0.3, -0.25) is 24.0 Å². The first kappa shape index (κ1) is 26.1. The summed E-state index contributed by atoms with van der Waals surface area (Å²) >= 11 is 0. The fourth-order valence-corrected chi connectivity index (χ4v) is 3.25. The quantitative estimate of drug-likeness (QED) is 0.156. The molecule has 1 rings (SSSR count). The lowest BCUT2D eigenvalue weighted by Gasteiger charge is -2.37. The van der Waals surface area contributed by atoms with Crippen molar-refractivity contribution in [1.82, 2.24) is 0 Å². The molecule has 0 amide bonds. The monoisotopic (exact) mass is 441 g/mol. The SMILES string of the molecule is N[C@@H](CC1=CC(C(=O)[C@@H](N)CCC(=O)O)(C(=O)[C@@H](N)CCC(=O)O)C(O)C=C1)C(=O)O. The van der Waals surface area contributed by atoms with Crippen LogP contribution in [0.5, 0.6) is 0 Å². The number of carbonyl (C=O) groups is 5. The largest absolute Gasteiger partial charge is 0.481 e. The molecular formula is C19H27N3O9. The lowest BCUT2D eigenvalue weighted by atomic mass is 9.66. The fraction of sp³-hybridized carbons (Fsp3) is 0.526. The molecule has 0 aromatic heterocycles. The number of ketones is 2. The Bertz CT molecular complexity index is 769. The molecule has 1 aliphatic rings. The number of rotatable bonds is 13. The van der Waals surface area contributed by atoms with Crippen LogP contribution >= 0.6 is 0 Å². The van der Waals surface area contributed by atoms with E-state index in [-0.39, 0.29) is 24.8 Å². The zero-order chi connectivity index (χ0) is 23.9. The maximum absolute atomic E-state index is 13.2. The summed E-state index contributed by atoms with van der Waals surface area (Å²) in [6, 6.07) is -4.28. The lowest BCUT2D eigenvalue weighted by molar-refractivity contribution is -0.144. The molecule has 0 saturated heterocycles. The van der Waals surface area contributed by atoms with E-state index in [1.165, 1.54) is 6.08 Å². The summed E-state index contributed by atoms with van der Waals surface area (Å²) in [5.74, 6) is -5.81. The normalized spacial score (nSPS) is 20.3. The summed E-state index contributed by atoms with van der Waals surface area (Å²) < 4.78 is 0. The van der Waals surface area contributed by atoms with Crippen LogP contribution in [0.2, 0.25) is 0 Å². The highest BCUT2D eigenvalue weighted by Crippen LogP contribution is 2.37. The van der Waals surface area contributed by atoms with Crippen molar-refractivity contribution in [2.45, 2.75) is 56.3 Å². The summed E-state index contributed by atoms with van der Waals surface area (Å²) in [4.78, 5) is 59.1. The average molecular weight is 441 g/mol. The van der Waals surface area contributed by atoms with Gasteiger partial charge in [-0.25, -0.2) is 0 Å². The van der Waals surface area contributed by atoms with Gasteiger partial charge in [-0.1, -0.05) is 18.2 Å². The van der Waals surface area contributed by atoms with Crippen molar-refractivity contribution < 1.29 is 44.4 Å². The number of Topliss-reactive ketones (excluding diaryl/α,β-unsaturated/α-hetero) is 2. The van der Waals surface area contributed by atoms with Crippen LogP contribution in [0.25, 0.3) is 0 Å². The number of carbonyl (C=O) groups excluding carboxylic acids is 2. The van der Waals surface area contributed by atoms with Gasteiger partial charge in [0, 0.05) is 12.8 Å². The topological polar surface area (TPSA) is 244 Å². The van der Waals surface area contributed by atoms with Crippen molar-refractivity contribution in [1.29, 1.82) is 0 Å². The average Bonchev–Trinajstić information content (AvgIpc) is 2.70. The van der Waals surface area contributed by atoms with Crippen LogP contribution in [0.4, 0.5) is 0 Å². The summed E-state index contributed by atoms with van der Waals surface area (Å²) in [5.41, 5.74) is 15.0. The number of allylic oxidation sites excluding steroid dienone is 1. The molecule has 0 fully saturated rings. The van der Waals surface area contributed by atoms with Gasteiger partial charge in [-0.15, -0.1) is 0 Å². The summed E-state index contributed by atoms with van der Waals surface area (Å²) in [7, 11) is 0. The molecule has 172 valence electrons. The van der Waals surface area contributed by atoms with E-state index in [9.17, 15) is 29.1 Å². The molecule has 0 aromatic rings. The van der Waals surface area contributed by atoms with Crippen LogP contribution in [0.15, 0.2) is 23.8 Å². The number of hydrogen-bond acceptors (Lipinski definition) is 9. The maximum atomic E-state index is 13.2. The molecule has 0 bridgehead atoms. The third-order valence-electron chi connectivity index (χ3n) is 4.97. The van der Waals surface area contributed by atoms with Crippen LogP contribution in [0.3, 0.4) is 0 Å². The molecular weight excluding hydrogens is 414 g/mol. The van der Waals surface area contributed by atoms with E-state index < -0.39 is 72.0 Å². The van der Waals surface area contributed by atoms with Crippen LogP contribution in [-0.2, 0) is 24.0 Å². The van der Waals surface area contributed by atoms with E-state index in [4.69, 9.17) is 32.5 Å². The summed E-state index contributed by atoms with van der Waals surface area (Å²) in [6.07, 6.45) is -0.190. The van der Waals surface area contributed by atoms with Gasteiger partial charge in [-0.2, -0.15) is 0 Å². The maximum Gasteiger partial charge on any atom is 0.320 e. The highest BCUT2D eigenvalue weighted by atomic mass is 16.4. The van der Waals surface area contributed by atoms with Crippen molar-refractivity contribution >= 4 is 29.5 Å². The number of carboxylic acids is 3. The van der Waals surface area contributed by atoms with Crippen LogP contribution in [-0.4, -0.2) is 74.1 Å². The van der Waals surface area contributed by atoms with Crippen molar-refractivity contribution in [3.63, 3.8) is 0 Å². The second kappa shape index (κ2) is 10.9. The van der Waals surface area contributed by atoms with Gasteiger partial charge in [0.25, 0.3) is 0 Å². The first-order valence-electron chi connectivity index (χ1n) is 9.42. The van der Waals surface area contributed by atoms with Crippen LogP contribution in [0, 0.1) is 5.41 Å². The minimum Gasteiger partial charge on any atom is -0.481 e. The number of aliphatic carboxylic acids is 3. The number of carboxylic acid groups (broad SMARTS) is 3. The number of nitrogens with two attached hydrogens (primary N) is 3. The Kier molecular flexibility index (Phi) is 9.19. The predicted molar refractivity (Wildman–Crippen MR) is 106 cm³/mol. The lowest BCUT2D eigenvalue weighted by Crippen LogP contribution is -2.58. The van der Waals surface area contributed by atoms with Crippen molar-refractivity contribution in [2.24, 2.45) is 22.6 Å². The van der Waals surface area contributed by atoms with Gasteiger partial charge in [0.05, 0.1) is 18.2 Å². The smallest absolute Gasteiger partial charge is 0.320 e. The first-order chi connectivity index (χ1) is 14.3. The van der Waals surface area contributed by atoms with E-state index in [0.717, 1.165) is 12.2 Å². The van der Waals surface area contributed by atoms with Gasteiger partial charge in [0.1, 0.15) is 11.5 Å². The molecule has 1 unspecified atom stereocenters. The van der Waals surface area contributed by atoms with E-state index >= 15 is 0 Å². The van der Waals surface area contributed by atoms with E-state index in [1.807, 2.05) is 0 Å². The van der Waals surface area contributed by atoms with E-state index in [2.05, 4.69) is 0 Å². The number of hydrogen-bond donors (Lipinski definition) is 7. The van der Waals surface area contributed by atoms with E-state index in [0.29, 0.717) is 0 Å². The molecule has 0 heterocycles. The van der Waals surface area contributed by atoms with Gasteiger partial charge in [-0.05, 0) is 24.8 Å². The Balaban J connectivity index is 3.41. The molecule has 1 aliphatic carbocycles. The molecule has 4 atom stereocenters. The Morgan fingerprint density at radius 1 is 0.871 bits per heavy atom. The Morgan fingerprint density at radius 2 is 1.32 bits per heavy atom. The van der Waals surface area contributed by atoms with Gasteiger partial charge in [0.2, 0.25) is 0 Å². The number of aliphatic hydroxyl groups excluding tert-OH is 1. The molecule has 0 spiro atoms. The number of aliphatic hydroxyl groups is 1. The van der Waals surface area contributed by atoms with Gasteiger partial charge in [0.15, 0.2) is 11.6 Å². The molecule has 31 heavy (non-hydrogen) atoms. The molecule has 12 heteroatoms. The highest BCUT2D eigenvalue weighted by Gasteiger charge is 2.53. The highest BCUT2D eigenvalue weighted by molar-refractivity contribution is 6.14. The summed E-state index contributed by atoms with van der Waals surface area (Å²) in [5, 5.41) is 37.3. The van der Waals surface area contributed by atoms with Crippen molar-refractivity contribution in [3.8, 4) is 0 Å². The first-order valence-corrected chi connectivity index (χ1v) is 9.42. The Hall–Kier alpha value is -2.93. The Morgan fingerprint density at radius 3 is 1.71 bits per heavy atom. The van der Waals surface area contributed by atoms with E-state index in [1.54, 1.807) is 0 Å². The molecule has 10 N–H and O–H groups in total. The minimum absolute atomic E-state index is 0.151. The molecule has 0 aliphatic heterocycles. The minimum atomic E-state index is -2.34. The standard InChI is InChI=1S/C19H27N3O9/c20-10(2-5-14(24)25)16(28)19(17(29)11(21)3-6-15(26)27)8-9(1-4-13(19)23)7-12(22)18(30)31/h1,4,8,10-13,23H,2-3,5-7,20-22H2,(H,24,25)(H,26,27)(H,30,31)/t10-,11-,12-,13?/m0/s1. The fourth-order valence-electron chi connectivity index (χ4n) is 3.25. The second-order valence-corrected chi connectivity index (χ2v) is 7.35. The van der Waals surface area contributed by atoms with Crippen LogP contribution in [0.1, 0.15) is 32.1 Å². The second-order valence-electron chi connectivity index (χ2n) is 7.35. The molecule has 0 radical (unpaired) electrons. The van der Waals surface area contributed by atoms with Gasteiger partial charge >= 0.3 is 17.9 Å². The molecule has 12 nitrogen and oxygen atoms in total. The van der Waals surface area contributed by atoms with Crippen molar-refractivity contribution in [3.05, 3.63) is 23.8 Å². The van der Waals surface area contributed by atoms with Crippen LogP contribution < -0.4 is 17.2 Å². The third kappa shape index (κ3) is 6.52.